The molecular weight excluding hydrogens is 1170 g/mol. The number of carbonyl (C=O) groups is 4. The van der Waals surface area contributed by atoms with E-state index in [2.05, 4.69) is 55.4 Å². The summed E-state index contributed by atoms with van der Waals surface area (Å²) in [6.45, 7) is 14.1. The summed E-state index contributed by atoms with van der Waals surface area (Å²) in [6, 6.07) is 0. The zero-order chi connectivity index (χ0) is 66.1. The predicted octanol–water partition coefficient (Wildman–Crippen LogP) is 19.7. The van der Waals surface area contributed by atoms with Crippen molar-refractivity contribution in [2.45, 2.75) is 363 Å². The van der Waals surface area contributed by atoms with Crippen LogP contribution in [0, 0.1) is 23.7 Å². The minimum atomic E-state index is -4.95. The SMILES string of the molecule is CCC(C)CCCCCCCCCCCCCCCCC(=O)O[C@H](COC(=O)CCCCCCCCC(C)C)COP(=O)(O)OC[C@@H](O)COP(=O)(O)OC[C@@H](COC(=O)CCCCCCCCC(C)CC)OC(=O)CCCCCCCCCCC(C)CC. The lowest BCUT2D eigenvalue weighted by Gasteiger charge is -2.21. The van der Waals surface area contributed by atoms with Crippen LogP contribution in [-0.2, 0) is 65.4 Å². The molecule has 0 bridgehead atoms. The summed E-state index contributed by atoms with van der Waals surface area (Å²) in [4.78, 5) is 72.5. The van der Waals surface area contributed by atoms with E-state index in [1.165, 1.54) is 135 Å². The molecule has 0 saturated heterocycles. The highest BCUT2D eigenvalue weighted by molar-refractivity contribution is 7.47. The quantitative estimate of drug-likeness (QED) is 0.0222. The molecule has 0 aromatic carbocycles. The lowest BCUT2D eigenvalue weighted by Crippen LogP contribution is -2.30. The van der Waals surface area contributed by atoms with Crippen molar-refractivity contribution in [3.8, 4) is 0 Å². The molecule has 0 heterocycles. The number of aliphatic hydroxyl groups is 1. The summed E-state index contributed by atoms with van der Waals surface area (Å²) in [6.07, 6.45) is 41.8. The van der Waals surface area contributed by atoms with E-state index in [9.17, 15) is 43.2 Å². The van der Waals surface area contributed by atoms with Crippen LogP contribution >= 0.6 is 15.6 Å². The monoisotopic (exact) mass is 1310 g/mol. The van der Waals surface area contributed by atoms with Gasteiger partial charge in [-0.3, -0.25) is 37.3 Å². The van der Waals surface area contributed by atoms with Gasteiger partial charge in [0.1, 0.15) is 19.3 Å². The van der Waals surface area contributed by atoms with Crippen LogP contribution in [0.3, 0.4) is 0 Å². The summed E-state index contributed by atoms with van der Waals surface area (Å²) in [5, 5.41) is 10.6. The first-order valence-electron chi connectivity index (χ1n) is 36.3. The van der Waals surface area contributed by atoms with Crippen LogP contribution in [0.2, 0.25) is 0 Å². The Hall–Kier alpha value is -1.94. The fourth-order valence-corrected chi connectivity index (χ4v) is 12.0. The van der Waals surface area contributed by atoms with Gasteiger partial charge in [0.2, 0.25) is 0 Å². The van der Waals surface area contributed by atoms with Gasteiger partial charge in [0.05, 0.1) is 26.4 Å². The van der Waals surface area contributed by atoms with Crippen LogP contribution in [0.1, 0.15) is 344 Å². The van der Waals surface area contributed by atoms with E-state index in [1.807, 2.05) is 0 Å². The Kier molecular flexibility index (Phi) is 58.5. The molecule has 5 unspecified atom stereocenters. The first kappa shape index (κ1) is 87.1. The maximum atomic E-state index is 13.0. The third-order valence-corrected chi connectivity index (χ3v) is 19.1. The van der Waals surface area contributed by atoms with Crippen molar-refractivity contribution in [2.75, 3.05) is 39.6 Å². The molecule has 89 heavy (non-hydrogen) atoms. The van der Waals surface area contributed by atoms with E-state index in [1.54, 1.807) is 0 Å². The summed E-state index contributed by atoms with van der Waals surface area (Å²) in [5.74, 6) is 0.892. The third kappa shape index (κ3) is 60.7. The highest BCUT2D eigenvalue weighted by Gasteiger charge is 2.30. The van der Waals surface area contributed by atoms with Crippen molar-refractivity contribution in [3.63, 3.8) is 0 Å². The molecule has 0 aliphatic rings. The van der Waals surface area contributed by atoms with Crippen molar-refractivity contribution in [1.82, 2.24) is 0 Å². The van der Waals surface area contributed by atoms with Gasteiger partial charge < -0.3 is 33.8 Å². The Labute approximate surface area is 543 Å². The average Bonchev–Trinajstić information content (AvgIpc) is 3.69. The Morgan fingerprint density at radius 3 is 0.798 bits per heavy atom. The van der Waals surface area contributed by atoms with Crippen molar-refractivity contribution in [2.24, 2.45) is 23.7 Å². The molecule has 0 aliphatic carbocycles. The van der Waals surface area contributed by atoms with Gasteiger partial charge >= 0.3 is 39.5 Å². The van der Waals surface area contributed by atoms with Gasteiger partial charge in [-0.05, 0) is 49.4 Å². The lowest BCUT2D eigenvalue weighted by molar-refractivity contribution is -0.161. The molecule has 0 rings (SSSR count). The predicted molar refractivity (Wildman–Crippen MR) is 358 cm³/mol. The van der Waals surface area contributed by atoms with Crippen LogP contribution in [0.15, 0.2) is 0 Å². The number of phosphoric acid groups is 2. The first-order chi connectivity index (χ1) is 42.7. The average molecular weight is 1310 g/mol. The van der Waals surface area contributed by atoms with Gasteiger partial charge in [0.25, 0.3) is 0 Å². The standard InChI is InChI=1S/C70H136O17P2/c1-9-61(6)47-39-31-22-18-16-14-12-13-15-17-19-24-36-44-52-69(74)86-65(56-80-67(72)50-42-34-28-26-30-38-46-60(4)5)58-84-88(76,77)82-54-64(71)55-83-89(78,79)85-59-66(57-81-68(73)51-43-35-29-27-33-41-49-63(8)11-3)87-70(75)53-45-37-25-21-20-23-32-40-48-62(7)10-2/h60-66,71H,9-59H2,1-8H3,(H,76,77)(H,78,79)/t61?,62?,63?,64-,65-,66-/m1/s1. The largest absolute Gasteiger partial charge is 0.472 e. The van der Waals surface area contributed by atoms with E-state index in [4.69, 9.17) is 37.0 Å². The van der Waals surface area contributed by atoms with E-state index in [0.717, 1.165) is 120 Å². The van der Waals surface area contributed by atoms with Gasteiger partial charge in [0.15, 0.2) is 12.2 Å². The van der Waals surface area contributed by atoms with Gasteiger partial charge in [-0.2, -0.15) is 0 Å². The second-order valence-electron chi connectivity index (χ2n) is 26.5. The number of carbonyl (C=O) groups excluding carboxylic acids is 4. The van der Waals surface area contributed by atoms with Gasteiger partial charge in [0, 0.05) is 25.7 Å². The van der Waals surface area contributed by atoms with Crippen LogP contribution in [0.25, 0.3) is 0 Å². The van der Waals surface area contributed by atoms with Gasteiger partial charge in [-0.15, -0.1) is 0 Å². The minimum Gasteiger partial charge on any atom is -0.462 e. The van der Waals surface area contributed by atoms with Gasteiger partial charge in [-0.25, -0.2) is 9.13 Å². The van der Waals surface area contributed by atoms with Crippen molar-refractivity contribution >= 4 is 39.5 Å². The number of esters is 4. The Balaban J connectivity index is 5.22. The molecule has 3 N–H and O–H groups in total. The maximum absolute atomic E-state index is 13.0. The number of rotatable bonds is 67. The van der Waals surface area contributed by atoms with Crippen LogP contribution in [-0.4, -0.2) is 96.7 Å². The van der Waals surface area contributed by atoms with Crippen molar-refractivity contribution < 1.29 is 80.2 Å². The number of unbranched alkanes of at least 4 members (excludes halogenated alkanes) is 30. The Morgan fingerprint density at radius 1 is 0.315 bits per heavy atom. The topological polar surface area (TPSA) is 237 Å². The number of hydrogen-bond acceptors (Lipinski definition) is 15. The first-order valence-corrected chi connectivity index (χ1v) is 39.3. The zero-order valence-electron chi connectivity index (χ0n) is 58.1. The molecule has 0 saturated carbocycles. The Bertz CT molecular complexity index is 1770. The number of aliphatic hydroxyl groups excluding tert-OH is 1. The molecular formula is C70H136O17P2. The highest BCUT2D eigenvalue weighted by Crippen LogP contribution is 2.45. The summed E-state index contributed by atoms with van der Waals surface area (Å²) in [7, 11) is -9.90. The van der Waals surface area contributed by atoms with Crippen molar-refractivity contribution in [1.29, 1.82) is 0 Å². The zero-order valence-corrected chi connectivity index (χ0v) is 59.8. The second-order valence-corrected chi connectivity index (χ2v) is 29.4. The fraction of sp³-hybridized carbons (Fsp3) is 0.943. The normalized spacial score (nSPS) is 15.2. The van der Waals surface area contributed by atoms with Crippen LogP contribution in [0.4, 0.5) is 0 Å². The molecule has 0 aliphatic heterocycles. The molecule has 0 aromatic heterocycles. The van der Waals surface area contributed by atoms with E-state index in [-0.39, 0.29) is 25.7 Å². The molecule has 0 amide bonds. The number of ether oxygens (including phenoxy) is 4. The molecule has 8 atom stereocenters. The molecule has 0 fully saturated rings. The van der Waals surface area contributed by atoms with E-state index >= 15 is 0 Å². The molecule has 17 nitrogen and oxygen atoms in total. The molecule has 528 valence electrons. The number of hydrogen-bond donors (Lipinski definition) is 3. The third-order valence-electron chi connectivity index (χ3n) is 17.2. The number of phosphoric ester groups is 2. The lowest BCUT2D eigenvalue weighted by atomic mass is 9.99. The second kappa shape index (κ2) is 59.8. The van der Waals surface area contributed by atoms with Crippen molar-refractivity contribution in [3.05, 3.63) is 0 Å². The van der Waals surface area contributed by atoms with E-state index < -0.39 is 97.5 Å². The summed E-state index contributed by atoms with van der Waals surface area (Å²) >= 11 is 0. The van der Waals surface area contributed by atoms with Crippen LogP contribution in [0.5, 0.6) is 0 Å². The summed E-state index contributed by atoms with van der Waals surface area (Å²) in [5.41, 5.74) is 0. The van der Waals surface area contributed by atoms with E-state index in [0.29, 0.717) is 31.6 Å². The minimum absolute atomic E-state index is 0.103. The molecule has 0 radical (unpaired) electrons. The van der Waals surface area contributed by atoms with Gasteiger partial charge in [-0.1, -0.05) is 293 Å². The fourth-order valence-electron chi connectivity index (χ4n) is 10.4. The van der Waals surface area contributed by atoms with Crippen LogP contribution < -0.4 is 0 Å². The molecule has 0 spiro atoms. The molecule has 0 aromatic rings. The smallest absolute Gasteiger partial charge is 0.462 e. The highest BCUT2D eigenvalue weighted by atomic mass is 31.2. The molecule has 19 heteroatoms. The maximum Gasteiger partial charge on any atom is 0.472 e. The Morgan fingerprint density at radius 2 is 0.539 bits per heavy atom. The summed E-state index contributed by atoms with van der Waals surface area (Å²) < 4.78 is 68.2.